The molecule has 2 atom stereocenters. The van der Waals surface area contributed by atoms with Crippen molar-refractivity contribution < 1.29 is 53.8 Å². The summed E-state index contributed by atoms with van der Waals surface area (Å²) in [6.07, 6.45) is 14.9. The molecular formula is C24H44NNaO5. The van der Waals surface area contributed by atoms with Crippen molar-refractivity contribution in [2.45, 2.75) is 135 Å². The number of unbranched alkanes of at least 4 members (excludes halogenated alkanes) is 11. The largest absolute Gasteiger partial charge is 1.00 e. The Bertz CT molecular complexity index is 473. The number of nitrogens with two attached hydrogens (primary N) is 1. The zero-order chi connectivity index (χ0) is 22.6. The third-order valence-corrected chi connectivity index (χ3v) is 5.43. The molecule has 0 aliphatic rings. The Morgan fingerprint density at radius 1 is 0.742 bits per heavy atom. The molecule has 2 unspecified atom stereocenters. The molecule has 176 valence electrons. The minimum Gasteiger partial charge on any atom is -0.550 e. The van der Waals surface area contributed by atoms with E-state index in [0.29, 0.717) is 12.8 Å². The first-order valence-corrected chi connectivity index (χ1v) is 12.1. The second kappa shape index (κ2) is 22.8. The predicted molar refractivity (Wildman–Crippen MR) is 118 cm³/mol. The summed E-state index contributed by atoms with van der Waals surface area (Å²) >= 11 is 0. The van der Waals surface area contributed by atoms with Gasteiger partial charge in [0.2, 0.25) is 0 Å². The molecule has 0 aromatic carbocycles. The first kappa shape index (κ1) is 32.7. The molecule has 0 aliphatic heterocycles. The summed E-state index contributed by atoms with van der Waals surface area (Å²) in [4.78, 5) is 35.1. The van der Waals surface area contributed by atoms with E-state index in [1.165, 1.54) is 51.4 Å². The number of esters is 1. The van der Waals surface area contributed by atoms with E-state index in [4.69, 9.17) is 10.5 Å². The fraction of sp³-hybridized carbons (Fsp3) is 0.875. The Labute approximate surface area is 211 Å². The van der Waals surface area contributed by atoms with Gasteiger partial charge in [0.25, 0.3) is 0 Å². The summed E-state index contributed by atoms with van der Waals surface area (Å²) in [6.45, 7) is 4.24. The summed E-state index contributed by atoms with van der Waals surface area (Å²) in [6, 6.07) is -1.04. The number of ketones is 1. The number of hydrogen-bond donors (Lipinski definition) is 1. The minimum atomic E-state index is -1.26. The van der Waals surface area contributed by atoms with Crippen molar-refractivity contribution in [3.8, 4) is 0 Å². The van der Waals surface area contributed by atoms with E-state index >= 15 is 0 Å². The molecule has 0 aromatic heterocycles. The number of rotatable bonds is 21. The van der Waals surface area contributed by atoms with Gasteiger partial charge < -0.3 is 20.4 Å². The number of carbonyl (C=O) groups is 3. The maximum absolute atomic E-state index is 12.5. The van der Waals surface area contributed by atoms with Crippen molar-refractivity contribution in [2.75, 3.05) is 0 Å². The van der Waals surface area contributed by atoms with E-state index in [-0.39, 0.29) is 48.2 Å². The van der Waals surface area contributed by atoms with Crippen LogP contribution < -0.4 is 40.4 Å². The molecule has 7 heteroatoms. The number of aliphatic carboxylic acids is 1. The van der Waals surface area contributed by atoms with E-state index in [1.54, 1.807) is 0 Å². The smallest absolute Gasteiger partial charge is 0.550 e. The van der Waals surface area contributed by atoms with Crippen LogP contribution in [-0.4, -0.2) is 29.9 Å². The molecule has 0 aromatic rings. The summed E-state index contributed by atoms with van der Waals surface area (Å²) in [5, 5.41) is 10.5. The molecule has 0 rings (SSSR count). The van der Waals surface area contributed by atoms with Crippen molar-refractivity contribution in [2.24, 2.45) is 5.73 Å². The Hall–Kier alpha value is -0.430. The van der Waals surface area contributed by atoms with Crippen LogP contribution in [0.15, 0.2) is 0 Å². The topological polar surface area (TPSA) is 110 Å². The molecule has 0 saturated carbocycles. The van der Waals surface area contributed by atoms with Gasteiger partial charge in [-0.25, -0.2) is 0 Å². The normalized spacial score (nSPS) is 12.6. The quantitative estimate of drug-likeness (QED) is 0.160. The van der Waals surface area contributed by atoms with Gasteiger partial charge >= 0.3 is 35.5 Å². The van der Waals surface area contributed by atoms with E-state index in [9.17, 15) is 19.5 Å². The molecule has 0 amide bonds. The fourth-order valence-electron chi connectivity index (χ4n) is 3.42. The summed E-state index contributed by atoms with van der Waals surface area (Å²) < 4.78 is 5.33. The van der Waals surface area contributed by atoms with Crippen molar-refractivity contribution >= 4 is 17.7 Å². The average molecular weight is 450 g/mol. The molecule has 31 heavy (non-hydrogen) atoms. The molecule has 0 aliphatic carbocycles. The van der Waals surface area contributed by atoms with Gasteiger partial charge in [-0.05, 0) is 32.1 Å². The number of hydrogen-bond acceptors (Lipinski definition) is 6. The molecule has 0 radical (unpaired) electrons. The monoisotopic (exact) mass is 449 g/mol. The molecule has 0 fully saturated rings. The fourth-order valence-corrected chi connectivity index (χ4v) is 3.42. The molecule has 0 saturated heterocycles. The molecule has 0 heterocycles. The zero-order valence-corrected chi connectivity index (χ0v) is 22.3. The maximum Gasteiger partial charge on any atom is 1.00 e. The number of carbonyl (C=O) groups excluding carboxylic acids is 3. The van der Waals surface area contributed by atoms with Gasteiger partial charge in [0.15, 0.2) is 11.9 Å². The SMILES string of the molecule is CCCCCCCCCCCCCC(=O)C(CCCC)OC(=O)C(N)CCC(=O)[O-].[Na+]. The van der Waals surface area contributed by atoms with Crippen LogP contribution in [0.1, 0.15) is 123 Å². The first-order valence-electron chi connectivity index (χ1n) is 12.1. The van der Waals surface area contributed by atoms with E-state index in [2.05, 4.69) is 6.92 Å². The van der Waals surface area contributed by atoms with Gasteiger partial charge in [0, 0.05) is 12.4 Å². The molecule has 0 bridgehead atoms. The number of carboxylic acid groups (broad SMARTS) is 1. The van der Waals surface area contributed by atoms with Crippen LogP contribution in [0.5, 0.6) is 0 Å². The van der Waals surface area contributed by atoms with Crippen LogP contribution in [0.2, 0.25) is 0 Å². The van der Waals surface area contributed by atoms with Gasteiger partial charge in [0.1, 0.15) is 6.04 Å². The van der Waals surface area contributed by atoms with E-state index in [0.717, 1.165) is 32.1 Å². The molecule has 2 N–H and O–H groups in total. The number of Topliss-reactive ketones (excluding diaryl/α,β-unsaturated/α-hetero) is 1. The van der Waals surface area contributed by atoms with Crippen LogP contribution in [0, 0.1) is 0 Å². The third-order valence-electron chi connectivity index (χ3n) is 5.43. The van der Waals surface area contributed by atoms with E-state index < -0.39 is 24.1 Å². The van der Waals surface area contributed by atoms with Crippen LogP contribution >= 0.6 is 0 Å². The third kappa shape index (κ3) is 19.9. The summed E-state index contributed by atoms with van der Waals surface area (Å²) in [7, 11) is 0. The second-order valence-electron chi connectivity index (χ2n) is 8.34. The van der Waals surface area contributed by atoms with Crippen LogP contribution in [0.4, 0.5) is 0 Å². The van der Waals surface area contributed by atoms with Gasteiger partial charge in [-0.15, -0.1) is 0 Å². The maximum atomic E-state index is 12.5. The van der Waals surface area contributed by atoms with Crippen LogP contribution in [-0.2, 0) is 19.1 Å². The second-order valence-corrected chi connectivity index (χ2v) is 8.34. The molecule has 6 nitrogen and oxygen atoms in total. The van der Waals surface area contributed by atoms with Crippen molar-refractivity contribution in [1.29, 1.82) is 0 Å². The first-order chi connectivity index (χ1) is 14.4. The molecule has 0 spiro atoms. The molecular weight excluding hydrogens is 405 g/mol. The van der Waals surface area contributed by atoms with Crippen molar-refractivity contribution in [1.82, 2.24) is 0 Å². The average Bonchev–Trinajstić information content (AvgIpc) is 2.72. The number of carboxylic acids is 1. The Morgan fingerprint density at radius 2 is 1.23 bits per heavy atom. The summed E-state index contributed by atoms with van der Waals surface area (Å²) in [5.74, 6) is -2.02. The van der Waals surface area contributed by atoms with Gasteiger partial charge in [-0.1, -0.05) is 84.5 Å². The van der Waals surface area contributed by atoms with Gasteiger partial charge in [-0.3, -0.25) is 9.59 Å². The van der Waals surface area contributed by atoms with Gasteiger partial charge in [0.05, 0.1) is 0 Å². The Morgan fingerprint density at radius 3 is 1.71 bits per heavy atom. The van der Waals surface area contributed by atoms with Gasteiger partial charge in [-0.2, -0.15) is 0 Å². The van der Waals surface area contributed by atoms with Crippen LogP contribution in [0.25, 0.3) is 0 Å². The minimum absolute atomic E-state index is 0. The predicted octanol–water partition coefficient (Wildman–Crippen LogP) is 1.22. The van der Waals surface area contributed by atoms with Crippen molar-refractivity contribution in [3.63, 3.8) is 0 Å². The van der Waals surface area contributed by atoms with E-state index in [1.807, 2.05) is 6.92 Å². The van der Waals surface area contributed by atoms with Crippen molar-refractivity contribution in [3.05, 3.63) is 0 Å². The van der Waals surface area contributed by atoms with Crippen LogP contribution in [0.3, 0.4) is 0 Å². The Kier molecular flexibility index (Phi) is 24.0. The number of ether oxygens (including phenoxy) is 1. The summed E-state index contributed by atoms with van der Waals surface area (Å²) in [5.41, 5.74) is 5.68. The zero-order valence-electron chi connectivity index (χ0n) is 20.3. The standard InChI is InChI=1S/C24H45NO5.Na/c1-3-5-7-8-9-10-11-12-13-14-15-16-21(26)22(17-6-4-2)30-24(29)20(25)18-19-23(27)28;/h20,22H,3-19,25H2,1-2H3,(H,27,28);/q;+1/p-1. The Balaban J connectivity index is 0.